The van der Waals surface area contributed by atoms with Gasteiger partial charge in [-0.1, -0.05) is 6.42 Å². The smallest absolute Gasteiger partial charge is 0.310 e. The Balaban J connectivity index is 2.17. The average Bonchev–Trinajstić information content (AvgIpc) is 2.19. The third kappa shape index (κ3) is 4.43. The first-order chi connectivity index (χ1) is 7.02. The summed E-state index contributed by atoms with van der Waals surface area (Å²) in [5.41, 5.74) is -0.653. The number of hydrogen-bond donors (Lipinski definition) is 2. The van der Waals surface area contributed by atoms with E-state index in [9.17, 15) is 4.79 Å². The molecule has 15 heavy (non-hydrogen) atoms. The molecule has 0 radical (unpaired) electrons. The van der Waals surface area contributed by atoms with Crippen LogP contribution in [0.25, 0.3) is 0 Å². The summed E-state index contributed by atoms with van der Waals surface area (Å²) in [6, 6.07) is 0. The first kappa shape index (κ1) is 12.8. The van der Waals surface area contributed by atoms with E-state index in [4.69, 9.17) is 5.11 Å². The Morgan fingerprint density at radius 1 is 1.53 bits per heavy atom. The van der Waals surface area contributed by atoms with E-state index in [2.05, 4.69) is 5.32 Å². The van der Waals surface area contributed by atoms with Gasteiger partial charge in [-0.15, -0.1) is 0 Å². The minimum absolute atomic E-state index is 0.555. The SMILES string of the molecule is CC(C)(CNCC1CCCCS1)C(=O)O. The molecule has 0 aromatic heterocycles. The fraction of sp³-hybridized carbons (Fsp3) is 0.909. The molecule has 0 aromatic carbocycles. The number of nitrogens with one attached hydrogen (secondary N) is 1. The highest BCUT2D eigenvalue weighted by Crippen LogP contribution is 2.24. The van der Waals surface area contributed by atoms with Gasteiger partial charge in [0.05, 0.1) is 5.41 Å². The Morgan fingerprint density at radius 3 is 2.80 bits per heavy atom. The van der Waals surface area contributed by atoms with Crippen molar-refractivity contribution >= 4 is 17.7 Å². The maximum atomic E-state index is 10.9. The van der Waals surface area contributed by atoms with Crippen LogP contribution in [0.5, 0.6) is 0 Å². The predicted octanol–water partition coefficient (Wildman–Crippen LogP) is 1.97. The highest BCUT2D eigenvalue weighted by atomic mass is 32.2. The van der Waals surface area contributed by atoms with Crippen molar-refractivity contribution in [1.29, 1.82) is 0 Å². The van der Waals surface area contributed by atoms with Crippen molar-refractivity contribution in [2.24, 2.45) is 5.41 Å². The lowest BCUT2D eigenvalue weighted by Crippen LogP contribution is -2.39. The molecular weight excluding hydrogens is 210 g/mol. The van der Waals surface area contributed by atoms with Gasteiger partial charge in [0.1, 0.15) is 0 Å². The molecule has 3 nitrogen and oxygen atoms in total. The molecule has 1 fully saturated rings. The van der Waals surface area contributed by atoms with Crippen LogP contribution in [-0.4, -0.2) is 35.2 Å². The summed E-state index contributed by atoms with van der Waals surface area (Å²) in [7, 11) is 0. The average molecular weight is 231 g/mol. The Hall–Kier alpha value is -0.220. The predicted molar refractivity (Wildman–Crippen MR) is 64.4 cm³/mol. The molecule has 0 aliphatic carbocycles. The number of hydrogen-bond acceptors (Lipinski definition) is 3. The molecule has 1 aliphatic rings. The van der Waals surface area contributed by atoms with Gasteiger partial charge in [-0.2, -0.15) is 11.8 Å². The summed E-state index contributed by atoms with van der Waals surface area (Å²) in [5, 5.41) is 12.9. The molecule has 0 saturated carbocycles. The first-order valence-electron chi connectivity index (χ1n) is 5.58. The Morgan fingerprint density at radius 2 is 2.27 bits per heavy atom. The number of carboxylic acids is 1. The van der Waals surface area contributed by atoms with E-state index in [1.807, 2.05) is 11.8 Å². The van der Waals surface area contributed by atoms with Crippen molar-refractivity contribution in [2.45, 2.75) is 38.4 Å². The molecule has 0 aromatic rings. The van der Waals surface area contributed by atoms with Crippen LogP contribution in [0, 0.1) is 5.41 Å². The third-order valence-corrected chi connectivity index (χ3v) is 4.19. The summed E-state index contributed by atoms with van der Waals surface area (Å²) >= 11 is 2.01. The van der Waals surface area contributed by atoms with Crippen molar-refractivity contribution in [3.05, 3.63) is 0 Å². The maximum Gasteiger partial charge on any atom is 0.310 e. The molecule has 1 unspecified atom stereocenters. The van der Waals surface area contributed by atoms with Crippen LogP contribution in [0.15, 0.2) is 0 Å². The Kier molecular flexibility index (Phi) is 4.93. The van der Waals surface area contributed by atoms with Crippen LogP contribution in [0.3, 0.4) is 0 Å². The van der Waals surface area contributed by atoms with Gasteiger partial charge in [0.2, 0.25) is 0 Å². The van der Waals surface area contributed by atoms with Gasteiger partial charge < -0.3 is 10.4 Å². The second-order valence-corrected chi connectivity index (χ2v) is 6.22. The fourth-order valence-electron chi connectivity index (χ4n) is 1.59. The molecule has 88 valence electrons. The topological polar surface area (TPSA) is 49.3 Å². The lowest BCUT2D eigenvalue weighted by Gasteiger charge is -2.24. The van der Waals surface area contributed by atoms with E-state index < -0.39 is 11.4 Å². The van der Waals surface area contributed by atoms with Gasteiger partial charge in [0.25, 0.3) is 0 Å². The fourth-order valence-corrected chi connectivity index (χ4v) is 2.86. The minimum Gasteiger partial charge on any atom is -0.481 e. The molecule has 4 heteroatoms. The summed E-state index contributed by atoms with van der Waals surface area (Å²) < 4.78 is 0. The molecule has 1 heterocycles. The van der Waals surface area contributed by atoms with Crippen LogP contribution >= 0.6 is 11.8 Å². The van der Waals surface area contributed by atoms with Crippen molar-refractivity contribution in [3.8, 4) is 0 Å². The maximum absolute atomic E-state index is 10.9. The molecule has 0 amide bonds. The second kappa shape index (κ2) is 5.75. The van der Waals surface area contributed by atoms with E-state index in [1.54, 1.807) is 13.8 Å². The van der Waals surface area contributed by atoms with E-state index in [0.29, 0.717) is 11.8 Å². The van der Waals surface area contributed by atoms with E-state index in [1.165, 1.54) is 25.0 Å². The Labute approximate surface area is 96.0 Å². The van der Waals surface area contributed by atoms with Gasteiger partial charge in [0.15, 0.2) is 0 Å². The largest absolute Gasteiger partial charge is 0.481 e. The molecule has 1 saturated heterocycles. The number of carboxylic acid groups (broad SMARTS) is 1. The van der Waals surface area contributed by atoms with Crippen LogP contribution in [0.1, 0.15) is 33.1 Å². The summed E-state index contributed by atoms with van der Waals surface area (Å²) in [5.74, 6) is 0.528. The zero-order valence-corrected chi connectivity index (χ0v) is 10.4. The molecule has 1 rings (SSSR count). The molecule has 0 spiro atoms. The van der Waals surface area contributed by atoms with Gasteiger partial charge >= 0.3 is 5.97 Å². The molecule has 0 bridgehead atoms. The first-order valence-corrected chi connectivity index (χ1v) is 6.63. The molecule has 2 N–H and O–H groups in total. The molecule has 1 atom stereocenters. The van der Waals surface area contributed by atoms with E-state index >= 15 is 0 Å². The number of aliphatic carboxylic acids is 1. The van der Waals surface area contributed by atoms with Crippen molar-refractivity contribution in [2.75, 3.05) is 18.8 Å². The highest BCUT2D eigenvalue weighted by molar-refractivity contribution is 7.99. The molecular formula is C11H21NO2S. The molecule has 1 aliphatic heterocycles. The second-order valence-electron chi connectivity index (χ2n) is 4.81. The van der Waals surface area contributed by atoms with E-state index in [-0.39, 0.29) is 0 Å². The van der Waals surface area contributed by atoms with Crippen molar-refractivity contribution in [1.82, 2.24) is 5.32 Å². The van der Waals surface area contributed by atoms with Crippen LogP contribution in [0.4, 0.5) is 0 Å². The standard InChI is InChI=1S/C11H21NO2S/c1-11(2,10(13)14)8-12-7-9-5-3-4-6-15-9/h9,12H,3-8H2,1-2H3,(H,13,14). The number of rotatable bonds is 5. The summed E-state index contributed by atoms with van der Waals surface area (Å²) in [6.07, 6.45) is 3.93. The van der Waals surface area contributed by atoms with Crippen molar-refractivity contribution in [3.63, 3.8) is 0 Å². The summed E-state index contributed by atoms with van der Waals surface area (Å²) in [4.78, 5) is 10.9. The number of carbonyl (C=O) groups is 1. The van der Waals surface area contributed by atoms with Crippen LogP contribution in [-0.2, 0) is 4.79 Å². The van der Waals surface area contributed by atoms with Gasteiger partial charge in [0, 0.05) is 18.3 Å². The van der Waals surface area contributed by atoms with E-state index in [0.717, 1.165) is 6.54 Å². The van der Waals surface area contributed by atoms with Gasteiger partial charge in [-0.25, -0.2) is 0 Å². The number of thioether (sulfide) groups is 1. The van der Waals surface area contributed by atoms with Gasteiger partial charge in [-0.3, -0.25) is 4.79 Å². The Bertz CT molecular complexity index is 213. The summed E-state index contributed by atoms with van der Waals surface area (Å²) in [6.45, 7) is 5.02. The lowest BCUT2D eigenvalue weighted by molar-refractivity contribution is -0.146. The van der Waals surface area contributed by atoms with Crippen LogP contribution < -0.4 is 5.32 Å². The monoisotopic (exact) mass is 231 g/mol. The highest BCUT2D eigenvalue weighted by Gasteiger charge is 2.26. The zero-order chi connectivity index (χ0) is 11.3. The zero-order valence-electron chi connectivity index (χ0n) is 9.58. The quantitative estimate of drug-likeness (QED) is 0.759. The minimum atomic E-state index is -0.730. The normalized spacial score (nSPS) is 22.7. The third-order valence-electron chi connectivity index (χ3n) is 2.79. The van der Waals surface area contributed by atoms with Crippen molar-refractivity contribution < 1.29 is 9.90 Å². The van der Waals surface area contributed by atoms with Gasteiger partial charge in [-0.05, 0) is 32.4 Å². The lowest BCUT2D eigenvalue weighted by atomic mass is 9.94. The van der Waals surface area contributed by atoms with Crippen LogP contribution in [0.2, 0.25) is 0 Å².